The Hall–Kier alpha value is -1.60. The Bertz CT molecular complexity index is 542. The molecule has 0 aliphatic heterocycles. The van der Waals surface area contributed by atoms with Crippen LogP contribution in [0, 0.1) is 0 Å². The van der Waals surface area contributed by atoms with Crippen molar-refractivity contribution in [3.8, 4) is 0 Å². The summed E-state index contributed by atoms with van der Waals surface area (Å²) in [4.78, 5) is 16.6. The summed E-state index contributed by atoms with van der Waals surface area (Å²) in [5.74, 6) is 0. The molecule has 0 saturated heterocycles. The molecule has 0 aliphatic carbocycles. The van der Waals surface area contributed by atoms with Gasteiger partial charge in [0.25, 0.3) is 0 Å². The van der Waals surface area contributed by atoms with Crippen LogP contribution < -0.4 is 10.6 Å². The molecule has 0 fully saturated rings. The predicted octanol–water partition coefficient (Wildman–Crippen LogP) is 2.44. The maximum absolute atomic E-state index is 11.7. The molecular weight excluding hydrogens is 298 g/mol. The molecule has 2 aromatic rings. The first kappa shape index (κ1) is 14.8. The van der Waals surface area contributed by atoms with Gasteiger partial charge in [0.05, 0.1) is 10.4 Å². The highest BCUT2D eigenvalue weighted by atomic mass is 35.5. The number of amides is 2. The molecule has 0 spiro atoms. The fourth-order valence-corrected chi connectivity index (χ4v) is 2.73. The summed E-state index contributed by atoms with van der Waals surface area (Å²) in [6.07, 6.45) is 3.95. The predicted molar refractivity (Wildman–Crippen MR) is 78.9 cm³/mol. The minimum Gasteiger partial charge on any atom is -0.338 e. The number of aromatic nitrogens is 3. The van der Waals surface area contributed by atoms with E-state index in [2.05, 4.69) is 20.7 Å². The Labute approximate surface area is 126 Å². The van der Waals surface area contributed by atoms with E-state index < -0.39 is 0 Å². The highest BCUT2D eigenvalue weighted by Crippen LogP contribution is 2.26. The van der Waals surface area contributed by atoms with E-state index in [1.165, 1.54) is 17.7 Å². The summed E-state index contributed by atoms with van der Waals surface area (Å²) in [6, 6.07) is 3.52. The molecule has 2 N–H and O–H groups in total. The lowest BCUT2D eigenvalue weighted by molar-refractivity contribution is 0.237. The molecule has 2 amide bonds. The summed E-state index contributed by atoms with van der Waals surface area (Å²) >= 11 is 7.34. The number of rotatable bonds is 6. The van der Waals surface area contributed by atoms with Crippen molar-refractivity contribution in [3.05, 3.63) is 34.0 Å². The van der Waals surface area contributed by atoms with E-state index in [1.807, 2.05) is 19.1 Å². The maximum Gasteiger partial charge on any atom is 0.315 e. The van der Waals surface area contributed by atoms with Crippen LogP contribution in [0.2, 0.25) is 4.34 Å². The van der Waals surface area contributed by atoms with Crippen LogP contribution in [-0.4, -0.2) is 27.3 Å². The first-order chi connectivity index (χ1) is 9.65. The molecule has 1 atom stereocenters. The largest absolute Gasteiger partial charge is 0.338 e. The molecule has 0 saturated carbocycles. The lowest BCUT2D eigenvalue weighted by atomic mass is 10.3. The van der Waals surface area contributed by atoms with Gasteiger partial charge in [0.15, 0.2) is 0 Å². The van der Waals surface area contributed by atoms with Crippen LogP contribution in [0.5, 0.6) is 0 Å². The fourth-order valence-electron chi connectivity index (χ4n) is 1.67. The molecule has 0 unspecified atom stereocenters. The zero-order valence-corrected chi connectivity index (χ0v) is 12.6. The summed E-state index contributed by atoms with van der Waals surface area (Å²) in [5.41, 5.74) is 0. The fraction of sp³-hybridized carbons (Fsp3) is 0.417. The molecule has 2 heterocycles. The van der Waals surface area contributed by atoms with Crippen LogP contribution in [0.1, 0.15) is 24.3 Å². The Balaban J connectivity index is 1.65. The van der Waals surface area contributed by atoms with Gasteiger partial charge in [-0.05, 0) is 25.5 Å². The van der Waals surface area contributed by atoms with Gasteiger partial charge < -0.3 is 10.6 Å². The third kappa shape index (κ3) is 4.50. The van der Waals surface area contributed by atoms with Crippen LogP contribution >= 0.6 is 22.9 Å². The molecule has 108 valence electrons. The Morgan fingerprint density at radius 3 is 3.05 bits per heavy atom. The maximum atomic E-state index is 11.7. The lowest BCUT2D eigenvalue weighted by Crippen LogP contribution is -2.37. The molecule has 0 radical (unpaired) electrons. The van der Waals surface area contributed by atoms with E-state index in [4.69, 9.17) is 11.6 Å². The molecule has 8 heteroatoms. The number of aryl methyl sites for hydroxylation is 1. The van der Waals surface area contributed by atoms with Crippen LogP contribution in [-0.2, 0) is 6.54 Å². The Morgan fingerprint density at radius 1 is 1.55 bits per heavy atom. The first-order valence-electron chi connectivity index (χ1n) is 6.27. The molecule has 0 bridgehead atoms. The quantitative estimate of drug-likeness (QED) is 0.805. The average Bonchev–Trinajstić information content (AvgIpc) is 3.06. The zero-order chi connectivity index (χ0) is 14.4. The zero-order valence-electron chi connectivity index (χ0n) is 11.0. The summed E-state index contributed by atoms with van der Waals surface area (Å²) in [5, 5.41) is 9.67. The van der Waals surface area contributed by atoms with E-state index >= 15 is 0 Å². The minimum absolute atomic E-state index is 0.0529. The standard InChI is InChI=1S/C12H16ClN5OS/c1-9(10-3-4-11(13)20-10)17-12(19)15-5-2-6-18-8-14-7-16-18/h3-4,7-9H,2,5-6H2,1H3,(H2,15,17,19)/t9-/m1/s1. The molecule has 2 aromatic heterocycles. The van der Waals surface area contributed by atoms with E-state index in [9.17, 15) is 4.79 Å². The number of hydrogen-bond donors (Lipinski definition) is 2. The monoisotopic (exact) mass is 313 g/mol. The minimum atomic E-state index is -0.180. The van der Waals surface area contributed by atoms with Crippen molar-refractivity contribution in [1.29, 1.82) is 0 Å². The molecule has 0 aromatic carbocycles. The van der Waals surface area contributed by atoms with Crippen molar-refractivity contribution in [3.63, 3.8) is 0 Å². The number of nitrogens with zero attached hydrogens (tertiary/aromatic N) is 3. The number of urea groups is 1. The lowest BCUT2D eigenvalue weighted by Gasteiger charge is -2.13. The molecule has 6 nitrogen and oxygen atoms in total. The van der Waals surface area contributed by atoms with Gasteiger partial charge in [-0.15, -0.1) is 11.3 Å². The van der Waals surface area contributed by atoms with Gasteiger partial charge in [-0.3, -0.25) is 4.68 Å². The highest BCUT2D eigenvalue weighted by Gasteiger charge is 2.10. The van der Waals surface area contributed by atoms with Crippen molar-refractivity contribution >= 4 is 29.0 Å². The van der Waals surface area contributed by atoms with Gasteiger partial charge in [0.1, 0.15) is 12.7 Å². The normalized spacial score (nSPS) is 12.1. The first-order valence-corrected chi connectivity index (χ1v) is 7.46. The number of halogens is 1. The number of hydrogen-bond acceptors (Lipinski definition) is 4. The van der Waals surface area contributed by atoms with E-state index in [0.717, 1.165) is 22.2 Å². The van der Waals surface area contributed by atoms with Crippen molar-refractivity contribution in [2.45, 2.75) is 25.9 Å². The number of carbonyl (C=O) groups is 1. The van der Waals surface area contributed by atoms with Crippen LogP contribution in [0.3, 0.4) is 0 Å². The summed E-state index contributed by atoms with van der Waals surface area (Å²) < 4.78 is 2.46. The number of thiophene rings is 1. The molecule has 2 rings (SSSR count). The van der Waals surface area contributed by atoms with Crippen molar-refractivity contribution in [1.82, 2.24) is 25.4 Å². The van der Waals surface area contributed by atoms with Crippen LogP contribution in [0.15, 0.2) is 24.8 Å². The van der Waals surface area contributed by atoms with Crippen LogP contribution in [0.4, 0.5) is 4.79 Å². The Morgan fingerprint density at radius 2 is 2.40 bits per heavy atom. The van der Waals surface area contributed by atoms with Gasteiger partial charge in [0, 0.05) is 18.0 Å². The second-order valence-electron chi connectivity index (χ2n) is 4.28. The number of nitrogens with one attached hydrogen (secondary N) is 2. The topological polar surface area (TPSA) is 71.8 Å². The summed E-state index contributed by atoms with van der Waals surface area (Å²) in [7, 11) is 0. The van der Waals surface area contributed by atoms with E-state index in [-0.39, 0.29) is 12.1 Å². The molecule has 20 heavy (non-hydrogen) atoms. The molecule has 0 aliphatic rings. The Kier molecular flexibility index (Phi) is 5.37. The van der Waals surface area contributed by atoms with Crippen LogP contribution in [0.25, 0.3) is 0 Å². The highest BCUT2D eigenvalue weighted by molar-refractivity contribution is 7.16. The van der Waals surface area contributed by atoms with Gasteiger partial charge >= 0.3 is 6.03 Å². The summed E-state index contributed by atoms with van der Waals surface area (Å²) in [6.45, 7) is 3.25. The third-order valence-corrected chi connectivity index (χ3v) is 4.10. The van der Waals surface area contributed by atoms with Gasteiger partial charge in [-0.1, -0.05) is 11.6 Å². The van der Waals surface area contributed by atoms with Gasteiger partial charge in [-0.2, -0.15) is 5.10 Å². The second kappa shape index (κ2) is 7.25. The smallest absolute Gasteiger partial charge is 0.315 e. The van der Waals surface area contributed by atoms with Gasteiger partial charge in [0.2, 0.25) is 0 Å². The van der Waals surface area contributed by atoms with Gasteiger partial charge in [-0.25, -0.2) is 9.78 Å². The molecular formula is C12H16ClN5OS. The van der Waals surface area contributed by atoms with Crippen molar-refractivity contribution in [2.24, 2.45) is 0 Å². The third-order valence-electron chi connectivity index (χ3n) is 2.68. The average molecular weight is 314 g/mol. The van der Waals surface area contributed by atoms with E-state index in [0.29, 0.717) is 6.54 Å². The van der Waals surface area contributed by atoms with Crippen molar-refractivity contribution in [2.75, 3.05) is 6.54 Å². The number of carbonyl (C=O) groups excluding carboxylic acids is 1. The van der Waals surface area contributed by atoms with E-state index in [1.54, 1.807) is 11.0 Å². The second-order valence-corrected chi connectivity index (χ2v) is 6.02. The SMILES string of the molecule is C[C@@H](NC(=O)NCCCn1cncn1)c1ccc(Cl)s1. The van der Waals surface area contributed by atoms with Crippen molar-refractivity contribution < 1.29 is 4.79 Å².